The highest BCUT2D eigenvalue weighted by atomic mass is 16.5. The molecule has 6 heteroatoms. The van der Waals surface area contributed by atoms with Crippen molar-refractivity contribution in [1.29, 1.82) is 0 Å². The number of carbonyl (C=O) groups excluding carboxylic acids is 2. The molecule has 0 saturated heterocycles. The van der Waals surface area contributed by atoms with Crippen molar-refractivity contribution in [3.63, 3.8) is 0 Å². The lowest BCUT2D eigenvalue weighted by molar-refractivity contribution is 0.0846. The third-order valence-electron chi connectivity index (χ3n) is 3.67. The van der Waals surface area contributed by atoms with Crippen molar-refractivity contribution in [3.05, 3.63) is 84.2 Å². The van der Waals surface area contributed by atoms with Crippen molar-refractivity contribution in [3.8, 4) is 11.4 Å². The first-order valence-electron chi connectivity index (χ1n) is 7.66. The molecule has 0 spiro atoms. The molecular formula is C19H17N3O3. The zero-order chi connectivity index (χ0) is 17.6. The van der Waals surface area contributed by atoms with Gasteiger partial charge in [-0.3, -0.25) is 20.4 Å². The summed E-state index contributed by atoms with van der Waals surface area (Å²) in [5.41, 5.74) is 6.46. The summed E-state index contributed by atoms with van der Waals surface area (Å²) in [6.07, 6.45) is 3.70. The Balaban J connectivity index is 1.70. The lowest BCUT2D eigenvalue weighted by Gasteiger charge is -2.12. The topological polar surface area (TPSA) is 72.4 Å². The molecule has 25 heavy (non-hydrogen) atoms. The predicted octanol–water partition coefficient (Wildman–Crippen LogP) is 2.56. The summed E-state index contributed by atoms with van der Waals surface area (Å²) < 4.78 is 6.88. The molecule has 0 aliphatic carbocycles. The van der Waals surface area contributed by atoms with Gasteiger partial charge in [0, 0.05) is 18.0 Å². The van der Waals surface area contributed by atoms with Gasteiger partial charge in [-0.1, -0.05) is 12.1 Å². The number of rotatable bonds is 4. The zero-order valence-electron chi connectivity index (χ0n) is 13.6. The molecule has 0 aliphatic rings. The molecule has 1 aromatic heterocycles. The second-order valence-electron chi connectivity index (χ2n) is 5.24. The summed E-state index contributed by atoms with van der Waals surface area (Å²) in [5, 5.41) is 0. The van der Waals surface area contributed by atoms with Gasteiger partial charge in [0.15, 0.2) is 0 Å². The number of aromatic nitrogens is 1. The Bertz CT molecular complexity index is 871. The number of hydrogen-bond donors (Lipinski definition) is 2. The van der Waals surface area contributed by atoms with Crippen LogP contribution in [0.5, 0.6) is 5.75 Å². The molecule has 0 radical (unpaired) electrons. The van der Waals surface area contributed by atoms with E-state index < -0.39 is 11.8 Å². The van der Waals surface area contributed by atoms with Crippen LogP contribution in [-0.4, -0.2) is 23.5 Å². The molecule has 0 unspecified atom stereocenters. The van der Waals surface area contributed by atoms with Gasteiger partial charge in [-0.2, -0.15) is 0 Å². The number of methoxy groups -OCH3 is 1. The van der Waals surface area contributed by atoms with Gasteiger partial charge in [-0.05, 0) is 48.5 Å². The number of nitrogens with one attached hydrogen (secondary N) is 2. The maximum Gasteiger partial charge on any atom is 0.271 e. The van der Waals surface area contributed by atoms with E-state index in [1.165, 1.54) is 0 Å². The molecule has 2 amide bonds. The molecule has 0 bridgehead atoms. The minimum absolute atomic E-state index is 0.397. The number of carbonyl (C=O) groups is 2. The maximum atomic E-state index is 12.4. The molecule has 3 aromatic rings. The van der Waals surface area contributed by atoms with Crippen LogP contribution in [0.1, 0.15) is 20.7 Å². The van der Waals surface area contributed by atoms with Gasteiger partial charge in [0.2, 0.25) is 0 Å². The third-order valence-corrected chi connectivity index (χ3v) is 3.67. The van der Waals surface area contributed by atoms with Crippen LogP contribution >= 0.6 is 0 Å². The van der Waals surface area contributed by atoms with Crippen molar-refractivity contribution < 1.29 is 14.3 Å². The molecule has 126 valence electrons. The van der Waals surface area contributed by atoms with E-state index in [2.05, 4.69) is 10.9 Å². The number of nitrogens with zero attached hydrogens (tertiary/aromatic N) is 1. The minimum atomic E-state index is -0.408. The molecule has 0 aliphatic heterocycles. The van der Waals surface area contributed by atoms with Gasteiger partial charge in [-0.25, -0.2) is 0 Å². The number of amides is 2. The Hall–Kier alpha value is -3.54. The van der Waals surface area contributed by atoms with Crippen LogP contribution in [-0.2, 0) is 0 Å². The van der Waals surface area contributed by atoms with Crippen molar-refractivity contribution in [2.24, 2.45) is 0 Å². The van der Waals surface area contributed by atoms with Crippen LogP contribution < -0.4 is 15.6 Å². The van der Waals surface area contributed by atoms with Gasteiger partial charge >= 0.3 is 0 Å². The summed E-state index contributed by atoms with van der Waals surface area (Å²) in [5.74, 6) is -0.151. The van der Waals surface area contributed by atoms with Gasteiger partial charge in [-0.15, -0.1) is 0 Å². The van der Waals surface area contributed by atoms with Crippen molar-refractivity contribution >= 4 is 11.8 Å². The summed E-state index contributed by atoms with van der Waals surface area (Å²) in [7, 11) is 1.55. The standard InChI is InChI=1S/C19H17N3O3/c1-25-15-10-8-14(9-11-15)18(23)20-21-19(24)16-6-2-3-7-17(16)22-12-4-5-13-22/h2-13H,1H3,(H,20,23)(H,21,24). The predicted molar refractivity (Wildman–Crippen MR) is 93.7 cm³/mol. The smallest absolute Gasteiger partial charge is 0.271 e. The van der Waals surface area contributed by atoms with Crippen LogP contribution in [0.2, 0.25) is 0 Å². The Kier molecular flexibility index (Phi) is 4.80. The van der Waals surface area contributed by atoms with E-state index in [-0.39, 0.29) is 0 Å². The highest BCUT2D eigenvalue weighted by molar-refractivity contribution is 6.01. The average molecular weight is 335 g/mol. The van der Waals surface area contributed by atoms with Crippen molar-refractivity contribution in [2.75, 3.05) is 7.11 Å². The summed E-state index contributed by atoms with van der Waals surface area (Å²) in [6, 6.07) is 17.5. The number of hydrazine groups is 1. The van der Waals surface area contributed by atoms with E-state index in [4.69, 9.17) is 4.74 Å². The monoisotopic (exact) mass is 335 g/mol. The van der Waals surface area contributed by atoms with Crippen LogP contribution in [0.3, 0.4) is 0 Å². The fourth-order valence-electron chi connectivity index (χ4n) is 2.38. The van der Waals surface area contributed by atoms with E-state index in [9.17, 15) is 9.59 Å². The van der Waals surface area contributed by atoms with E-state index >= 15 is 0 Å². The largest absolute Gasteiger partial charge is 0.497 e. The van der Waals surface area contributed by atoms with Gasteiger partial charge in [0.25, 0.3) is 11.8 Å². The first-order chi connectivity index (χ1) is 12.2. The molecule has 2 N–H and O–H groups in total. The number of hydrogen-bond acceptors (Lipinski definition) is 3. The second kappa shape index (κ2) is 7.35. The molecule has 0 atom stereocenters. The fraction of sp³-hybridized carbons (Fsp3) is 0.0526. The van der Waals surface area contributed by atoms with E-state index in [0.29, 0.717) is 16.9 Å². The van der Waals surface area contributed by atoms with Crippen LogP contribution in [0.4, 0.5) is 0 Å². The Morgan fingerprint density at radius 2 is 1.48 bits per heavy atom. The summed E-state index contributed by atoms with van der Waals surface area (Å²) >= 11 is 0. The first-order valence-corrected chi connectivity index (χ1v) is 7.66. The molecule has 3 rings (SSSR count). The maximum absolute atomic E-state index is 12.4. The summed E-state index contributed by atoms with van der Waals surface area (Å²) in [4.78, 5) is 24.6. The Labute approximate surface area is 145 Å². The van der Waals surface area contributed by atoms with E-state index in [1.54, 1.807) is 43.5 Å². The second-order valence-corrected chi connectivity index (χ2v) is 5.24. The van der Waals surface area contributed by atoms with Crippen LogP contribution in [0.25, 0.3) is 5.69 Å². The lowest BCUT2D eigenvalue weighted by Crippen LogP contribution is -2.41. The number of benzene rings is 2. The van der Waals surface area contributed by atoms with Crippen LogP contribution in [0.15, 0.2) is 73.1 Å². The average Bonchev–Trinajstić information content (AvgIpc) is 3.20. The molecular weight excluding hydrogens is 318 g/mol. The SMILES string of the molecule is COc1ccc(C(=O)NNC(=O)c2ccccc2-n2cccc2)cc1. The van der Waals surface area contributed by atoms with Gasteiger partial charge in [0.05, 0.1) is 18.4 Å². The van der Waals surface area contributed by atoms with Crippen molar-refractivity contribution in [1.82, 2.24) is 15.4 Å². The van der Waals surface area contributed by atoms with E-state index in [0.717, 1.165) is 5.69 Å². The van der Waals surface area contributed by atoms with Gasteiger partial charge in [0.1, 0.15) is 5.75 Å². The zero-order valence-corrected chi connectivity index (χ0v) is 13.6. The normalized spacial score (nSPS) is 10.1. The molecule has 0 saturated carbocycles. The Morgan fingerprint density at radius 3 is 2.16 bits per heavy atom. The van der Waals surface area contributed by atoms with Crippen molar-refractivity contribution in [2.45, 2.75) is 0 Å². The fourth-order valence-corrected chi connectivity index (χ4v) is 2.38. The molecule has 0 fully saturated rings. The quantitative estimate of drug-likeness (QED) is 0.720. The third kappa shape index (κ3) is 3.69. The number of ether oxygens (including phenoxy) is 1. The van der Waals surface area contributed by atoms with Crippen LogP contribution in [0, 0.1) is 0 Å². The lowest BCUT2D eigenvalue weighted by atomic mass is 10.1. The Morgan fingerprint density at radius 1 is 0.840 bits per heavy atom. The van der Waals surface area contributed by atoms with E-state index in [1.807, 2.05) is 41.2 Å². The molecule has 1 heterocycles. The minimum Gasteiger partial charge on any atom is -0.497 e. The molecule has 6 nitrogen and oxygen atoms in total. The number of para-hydroxylation sites is 1. The highest BCUT2D eigenvalue weighted by Gasteiger charge is 2.13. The van der Waals surface area contributed by atoms with Gasteiger partial charge < -0.3 is 9.30 Å². The first kappa shape index (κ1) is 16.3. The molecule has 2 aromatic carbocycles. The summed E-state index contributed by atoms with van der Waals surface area (Å²) in [6.45, 7) is 0. The highest BCUT2D eigenvalue weighted by Crippen LogP contribution is 2.14.